The van der Waals surface area contributed by atoms with Crippen LogP contribution in [0.5, 0.6) is 0 Å². The zero-order valence-electron chi connectivity index (χ0n) is 13.7. The van der Waals surface area contributed by atoms with E-state index in [1.54, 1.807) is 0 Å². The summed E-state index contributed by atoms with van der Waals surface area (Å²) in [6, 6.07) is 13.7. The van der Waals surface area contributed by atoms with E-state index >= 15 is 0 Å². The second-order valence-electron chi connectivity index (χ2n) is 5.81. The average molecular weight is 298 g/mol. The summed E-state index contributed by atoms with van der Waals surface area (Å²) in [5, 5.41) is 2.05. The Bertz CT molecular complexity index is 598. The first-order valence-electron chi connectivity index (χ1n) is 8.45. The third kappa shape index (κ3) is 4.33. The van der Waals surface area contributed by atoms with E-state index in [2.05, 4.69) is 13.8 Å². The predicted octanol–water partition coefficient (Wildman–Crippen LogP) is 5.75. The van der Waals surface area contributed by atoms with E-state index < -0.39 is 0 Å². The van der Waals surface area contributed by atoms with E-state index in [4.69, 9.17) is 4.74 Å². The van der Waals surface area contributed by atoms with Gasteiger partial charge in [0.2, 0.25) is 0 Å². The van der Waals surface area contributed by atoms with Crippen molar-refractivity contribution in [1.82, 2.24) is 0 Å². The van der Waals surface area contributed by atoms with Gasteiger partial charge in [-0.15, -0.1) is 0 Å². The van der Waals surface area contributed by atoms with Gasteiger partial charge in [-0.3, -0.25) is 0 Å². The Balaban J connectivity index is 2.03. The van der Waals surface area contributed by atoms with Gasteiger partial charge in [-0.25, -0.2) is 4.79 Å². The van der Waals surface area contributed by atoms with Crippen molar-refractivity contribution in [1.29, 1.82) is 0 Å². The fourth-order valence-electron chi connectivity index (χ4n) is 2.76. The molecule has 2 nitrogen and oxygen atoms in total. The lowest BCUT2D eigenvalue weighted by molar-refractivity contribution is 0.0269. The molecular weight excluding hydrogens is 272 g/mol. The Morgan fingerprint density at radius 3 is 2.55 bits per heavy atom. The molecule has 0 N–H and O–H groups in total. The van der Waals surface area contributed by atoms with Crippen LogP contribution in [0.4, 0.5) is 0 Å². The monoisotopic (exact) mass is 298 g/mol. The lowest BCUT2D eigenvalue weighted by atomic mass is 10.0. The summed E-state index contributed by atoms with van der Waals surface area (Å²) in [6.45, 7) is 4.29. The lowest BCUT2D eigenvalue weighted by Crippen LogP contribution is -2.17. The standard InChI is InChI=1S/C20H26O2/c1-3-5-6-7-13-17(4-2)22-20(21)19-15-10-12-16-11-8-9-14-18(16)19/h8-12,14-15,17H,3-7,13H2,1-2H3/t17-/m1/s1. The zero-order chi connectivity index (χ0) is 15.8. The number of ether oxygens (including phenoxy) is 1. The van der Waals surface area contributed by atoms with Crippen molar-refractivity contribution in [3.8, 4) is 0 Å². The topological polar surface area (TPSA) is 26.3 Å². The summed E-state index contributed by atoms with van der Waals surface area (Å²) in [5.74, 6) is -0.195. The third-order valence-corrected chi connectivity index (χ3v) is 4.12. The van der Waals surface area contributed by atoms with Crippen LogP contribution in [0.3, 0.4) is 0 Å². The second kappa shape index (κ2) is 8.57. The number of carbonyl (C=O) groups is 1. The average Bonchev–Trinajstić information content (AvgIpc) is 2.57. The number of carbonyl (C=O) groups excluding carboxylic acids is 1. The predicted molar refractivity (Wildman–Crippen MR) is 92.2 cm³/mol. The number of unbranched alkanes of at least 4 members (excludes halogenated alkanes) is 3. The summed E-state index contributed by atoms with van der Waals surface area (Å²) in [5.41, 5.74) is 0.671. The molecule has 0 aromatic heterocycles. The summed E-state index contributed by atoms with van der Waals surface area (Å²) in [7, 11) is 0. The van der Waals surface area contributed by atoms with Gasteiger partial charge in [-0.1, -0.05) is 69.5 Å². The Labute approximate surface area is 133 Å². The van der Waals surface area contributed by atoms with Crippen molar-refractivity contribution < 1.29 is 9.53 Å². The van der Waals surface area contributed by atoms with Gasteiger partial charge in [-0.05, 0) is 36.1 Å². The summed E-state index contributed by atoms with van der Waals surface area (Å²) >= 11 is 0. The van der Waals surface area contributed by atoms with Gasteiger partial charge in [-0.2, -0.15) is 0 Å². The Morgan fingerprint density at radius 1 is 1.00 bits per heavy atom. The molecule has 0 heterocycles. The van der Waals surface area contributed by atoms with Crippen LogP contribution in [0.1, 0.15) is 62.7 Å². The molecule has 0 spiro atoms. The van der Waals surface area contributed by atoms with Crippen LogP contribution in [0, 0.1) is 0 Å². The summed E-state index contributed by atoms with van der Waals surface area (Å²) in [6.07, 6.45) is 6.72. The number of hydrogen-bond acceptors (Lipinski definition) is 2. The van der Waals surface area contributed by atoms with E-state index in [-0.39, 0.29) is 12.1 Å². The van der Waals surface area contributed by atoms with Gasteiger partial charge < -0.3 is 4.74 Å². The number of hydrogen-bond donors (Lipinski definition) is 0. The van der Waals surface area contributed by atoms with Gasteiger partial charge in [0.25, 0.3) is 0 Å². The van der Waals surface area contributed by atoms with Crippen LogP contribution < -0.4 is 0 Å². The van der Waals surface area contributed by atoms with E-state index in [1.165, 1.54) is 19.3 Å². The summed E-state index contributed by atoms with van der Waals surface area (Å²) in [4.78, 5) is 12.5. The zero-order valence-corrected chi connectivity index (χ0v) is 13.7. The van der Waals surface area contributed by atoms with Crippen LogP contribution >= 0.6 is 0 Å². The molecule has 0 fully saturated rings. The Hall–Kier alpha value is -1.83. The van der Waals surface area contributed by atoms with Crippen LogP contribution in [-0.2, 0) is 4.74 Å². The smallest absolute Gasteiger partial charge is 0.339 e. The molecule has 118 valence electrons. The molecule has 2 rings (SSSR count). The molecule has 22 heavy (non-hydrogen) atoms. The van der Waals surface area contributed by atoms with Crippen molar-refractivity contribution in [2.75, 3.05) is 0 Å². The third-order valence-electron chi connectivity index (χ3n) is 4.12. The molecule has 0 aliphatic heterocycles. The van der Waals surface area contributed by atoms with Gasteiger partial charge in [0.15, 0.2) is 0 Å². The maximum atomic E-state index is 12.5. The molecule has 0 saturated carbocycles. The van der Waals surface area contributed by atoms with Crippen LogP contribution in [-0.4, -0.2) is 12.1 Å². The van der Waals surface area contributed by atoms with Crippen molar-refractivity contribution in [3.05, 3.63) is 48.0 Å². The van der Waals surface area contributed by atoms with E-state index in [0.717, 1.165) is 30.0 Å². The molecule has 2 aromatic carbocycles. The van der Waals surface area contributed by atoms with Crippen LogP contribution in [0.25, 0.3) is 10.8 Å². The molecule has 0 unspecified atom stereocenters. The number of fused-ring (bicyclic) bond motifs is 1. The quantitative estimate of drug-likeness (QED) is 0.458. The maximum Gasteiger partial charge on any atom is 0.339 e. The van der Waals surface area contributed by atoms with Gasteiger partial charge in [0.1, 0.15) is 6.10 Å². The van der Waals surface area contributed by atoms with Crippen molar-refractivity contribution in [2.24, 2.45) is 0 Å². The van der Waals surface area contributed by atoms with Gasteiger partial charge in [0.05, 0.1) is 5.56 Å². The molecule has 0 radical (unpaired) electrons. The molecule has 0 aliphatic rings. The molecule has 0 aliphatic carbocycles. The highest BCUT2D eigenvalue weighted by molar-refractivity contribution is 6.04. The molecular formula is C20H26O2. The second-order valence-corrected chi connectivity index (χ2v) is 5.81. The largest absolute Gasteiger partial charge is 0.459 e. The highest BCUT2D eigenvalue weighted by atomic mass is 16.5. The molecule has 1 atom stereocenters. The fraction of sp³-hybridized carbons (Fsp3) is 0.450. The molecule has 0 amide bonds. The minimum atomic E-state index is -0.195. The van der Waals surface area contributed by atoms with Crippen LogP contribution in [0.2, 0.25) is 0 Å². The number of esters is 1. The van der Waals surface area contributed by atoms with Crippen molar-refractivity contribution in [3.63, 3.8) is 0 Å². The maximum absolute atomic E-state index is 12.5. The van der Waals surface area contributed by atoms with Gasteiger partial charge in [0, 0.05) is 0 Å². The number of benzene rings is 2. The molecule has 2 heteroatoms. The Morgan fingerprint density at radius 2 is 1.77 bits per heavy atom. The highest BCUT2D eigenvalue weighted by Crippen LogP contribution is 2.21. The van der Waals surface area contributed by atoms with E-state index in [1.807, 2.05) is 42.5 Å². The van der Waals surface area contributed by atoms with Crippen molar-refractivity contribution in [2.45, 2.75) is 58.5 Å². The lowest BCUT2D eigenvalue weighted by Gasteiger charge is -2.17. The molecule has 2 aromatic rings. The number of rotatable bonds is 8. The van der Waals surface area contributed by atoms with E-state index in [0.29, 0.717) is 5.56 Å². The van der Waals surface area contributed by atoms with Gasteiger partial charge >= 0.3 is 5.97 Å². The molecule has 0 bridgehead atoms. The van der Waals surface area contributed by atoms with Crippen molar-refractivity contribution >= 4 is 16.7 Å². The first-order chi connectivity index (χ1) is 10.8. The first kappa shape index (κ1) is 16.5. The van der Waals surface area contributed by atoms with E-state index in [9.17, 15) is 4.79 Å². The fourth-order valence-corrected chi connectivity index (χ4v) is 2.76. The minimum absolute atomic E-state index is 0.0309. The normalized spacial score (nSPS) is 12.3. The Kier molecular flexibility index (Phi) is 6.45. The highest BCUT2D eigenvalue weighted by Gasteiger charge is 2.16. The first-order valence-corrected chi connectivity index (χ1v) is 8.45. The molecule has 0 saturated heterocycles. The SMILES string of the molecule is CCCCCC[C@@H](CC)OC(=O)c1cccc2ccccc12. The van der Waals surface area contributed by atoms with Crippen LogP contribution in [0.15, 0.2) is 42.5 Å². The minimum Gasteiger partial charge on any atom is -0.459 e. The summed E-state index contributed by atoms with van der Waals surface area (Å²) < 4.78 is 5.74.